The molecule has 0 saturated carbocycles. The van der Waals surface area contributed by atoms with E-state index < -0.39 is 10.8 Å². The Bertz CT molecular complexity index is 1470. The van der Waals surface area contributed by atoms with Crippen LogP contribution in [0.2, 0.25) is 15.1 Å². The first-order valence-electron chi connectivity index (χ1n) is 9.78. The predicted molar refractivity (Wildman–Crippen MR) is 143 cm³/mol. The van der Waals surface area contributed by atoms with Crippen molar-refractivity contribution in [1.82, 2.24) is 5.43 Å². The van der Waals surface area contributed by atoms with Gasteiger partial charge in [-0.05, 0) is 57.9 Å². The van der Waals surface area contributed by atoms with E-state index in [4.69, 9.17) is 39.5 Å². The van der Waals surface area contributed by atoms with Gasteiger partial charge in [0.1, 0.15) is 6.61 Å². The molecule has 0 bridgehead atoms. The molecule has 0 unspecified atom stereocenters. The fraction of sp³-hybridized carbons (Fsp3) is 0.0435. The quantitative estimate of drug-likeness (QED) is 0.130. The maximum absolute atomic E-state index is 12.5. The van der Waals surface area contributed by atoms with Gasteiger partial charge in [-0.25, -0.2) is 5.43 Å². The Morgan fingerprint density at radius 1 is 1.11 bits per heavy atom. The molecular weight excluding hydrogens is 601 g/mol. The van der Waals surface area contributed by atoms with E-state index in [0.29, 0.717) is 41.1 Å². The molecule has 7 nitrogen and oxygen atoms in total. The Morgan fingerprint density at radius 3 is 2.63 bits per heavy atom. The van der Waals surface area contributed by atoms with E-state index in [1.165, 1.54) is 29.7 Å². The van der Waals surface area contributed by atoms with Crippen LogP contribution in [0.3, 0.4) is 0 Å². The Hall–Kier alpha value is -2.69. The van der Waals surface area contributed by atoms with Gasteiger partial charge in [-0.1, -0.05) is 40.9 Å². The molecule has 4 aromatic rings. The van der Waals surface area contributed by atoms with Crippen LogP contribution in [-0.2, 0) is 6.61 Å². The molecule has 0 aliphatic heterocycles. The zero-order chi connectivity index (χ0) is 25.1. The number of nitro benzene ring substituents is 1. The molecule has 4 rings (SSSR count). The van der Waals surface area contributed by atoms with Crippen LogP contribution >= 0.6 is 62.1 Å². The summed E-state index contributed by atoms with van der Waals surface area (Å²) in [6.45, 7) is 0.191. The second-order valence-corrected chi connectivity index (χ2v) is 10.3. The molecule has 0 radical (unpaired) electrons. The van der Waals surface area contributed by atoms with Crippen LogP contribution < -0.4 is 10.2 Å². The van der Waals surface area contributed by atoms with Gasteiger partial charge in [0.05, 0.1) is 25.5 Å². The van der Waals surface area contributed by atoms with Crippen molar-refractivity contribution in [1.29, 1.82) is 0 Å². The highest BCUT2D eigenvalue weighted by atomic mass is 79.9. The molecule has 1 N–H and O–H groups in total. The second-order valence-electron chi connectivity index (χ2n) is 7.13. The predicted octanol–water partition coefficient (Wildman–Crippen LogP) is 7.88. The van der Waals surface area contributed by atoms with Crippen LogP contribution in [0.5, 0.6) is 5.75 Å². The van der Waals surface area contributed by atoms with Crippen molar-refractivity contribution in [3.8, 4) is 5.75 Å². The average Bonchev–Trinajstić information content (AvgIpc) is 3.23. The number of fused-ring (bicyclic) bond motifs is 1. The largest absolute Gasteiger partial charge is 0.486 e. The number of carbonyl (C=O) groups is 1. The number of carbonyl (C=O) groups excluding carboxylic acids is 1. The van der Waals surface area contributed by atoms with Gasteiger partial charge in [0.2, 0.25) is 0 Å². The van der Waals surface area contributed by atoms with E-state index in [1.807, 2.05) is 0 Å². The number of hydrogen-bond acceptors (Lipinski definition) is 6. The zero-order valence-corrected chi connectivity index (χ0v) is 22.1. The maximum atomic E-state index is 12.5. The highest BCUT2D eigenvalue weighted by molar-refractivity contribution is 9.10. The molecule has 178 valence electrons. The van der Waals surface area contributed by atoms with E-state index in [9.17, 15) is 14.9 Å². The lowest BCUT2D eigenvalue weighted by molar-refractivity contribution is -0.384. The third-order valence-corrected chi connectivity index (χ3v) is 7.29. The summed E-state index contributed by atoms with van der Waals surface area (Å²) in [6.07, 6.45) is 1.44. The SMILES string of the molecule is O=C(N/N=C\c1cc(Cl)c(OCc2ccc(Cl)cc2Cl)c(Br)c1)c1cc2cc([N+](=O)[O-])ccc2s1. The third-order valence-electron chi connectivity index (χ3n) is 4.72. The Balaban J connectivity index is 1.42. The van der Waals surface area contributed by atoms with Gasteiger partial charge < -0.3 is 4.74 Å². The lowest BCUT2D eigenvalue weighted by Gasteiger charge is -2.12. The van der Waals surface area contributed by atoms with E-state index in [2.05, 4.69) is 26.5 Å². The fourth-order valence-electron chi connectivity index (χ4n) is 3.06. The topological polar surface area (TPSA) is 93.8 Å². The first kappa shape index (κ1) is 25.4. The monoisotopic (exact) mass is 611 g/mol. The summed E-state index contributed by atoms with van der Waals surface area (Å²) in [5.41, 5.74) is 3.78. The third kappa shape index (κ3) is 6.12. The van der Waals surface area contributed by atoms with Gasteiger partial charge in [0.25, 0.3) is 11.6 Å². The molecule has 3 aromatic carbocycles. The smallest absolute Gasteiger partial charge is 0.281 e. The molecule has 0 saturated heterocycles. The number of nitrogens with one attached hydrogen (secondary N) is 1. The molecule has 0 fully saturated rings. The van der Waals surface area contributed by atoms with Gasteiger partial charge in [-0.2, -0.15) is 5.10 Å². The standard InChI is InChI=1S/C23H13BrCl3N3O4S/c24-17-5-12(6-19(27)22(17)34-11-13-1-2-15(25)9-18(13)26)10-28-29-23(31)21-8-14-7-16(30(32)33)3-4-20(14)35-21/h1-10H,11H2,(H,29,31)/b28-10-. The molecule has 12 heteroatoms. The lowest BCUT2D eigenvalue weighted by Crippen LogP contribution is -2.16. The summed E-state index contributed by atoms with van der Waals surface area (Å²) in [5.74, 6) is -0.00620. The highest BCUT2D eigenvalue weighted by Crippen LogP contribution is 2.35. The number of hydrogen-bond donors (Lipinski definition) is 1. The first-order valence-corrected chi connectivity index (χ1v) is 12.5. The number of hydrazone groups is 1. The van der Waals surface area contributed by atoms with Gasteiger partial charge in [0, 0.05) is 37.8 Å². The average molecular weight is 614 g/mol. The zero-order valence-electron chi connectivity index (χ0n) is 17.4. The van der Waals surface area contributed by atoms with Crippen molar-refractivity contribution in [2.24, 2.45) is 5.10 Å². The number of ether oxygens (including phenoxy) is 1. The second kappa shape index (κ2) is 10.9. The molecule has 1 heterocycles. The van der Waals surface area contributed by atoms with Crippen LogP contribution in [0.1, 0.15) is 20.8 Å². The number of amides is 1. The Labute approximate surface area is 226 Å². The molecule has 1 amide bonds. The van der Waals surface area contributed by atoms with Crippen LogP contribution in [0.4, 0.5) is 5.69 Å². The van der Waals surface area contributed by atoms with Crippen molar-refractivity contribution >= 4 is 90.0 Å². The van der Waals surface area contributed by atoms with Crippen LogP contribution in [0.15, 0.2) is 64.2 Å². The van der Waals surface area contributed by atoms with Crippen LogP contribution in [-0.4, -0.2) is 17.0 Å². The Morgan fingerprint density at radius 2 is 1.91 bits per heavy atom. The van der Waals surface area contributed by atoms with Crippen molar-refractivity contribution in [2.45, 2.75) is 6.61 Å². The minimum Gasteiger partial charge on any atom is -0.486 e. The highest BCUT2D eigenvalue weighted by Gasteiger charge is 2.14. The number of rotatable bonds is 7. The molecule has 0 atom stereocenters. The molecule has 1 aromatic heterocycles. The summed E-state index contributed by atoms with van der Waals surface area (Å²) in [6, 6.07) is 14.5. The van der Waals surface area contributed by atoms with Gasteiger partial charge in [0.15, 0.2) is 5.75 Å². The van der Waals surface area contributed by atoms with Crippen molar-refractivity contribution in [3.05, 3.63) is 100 Å². The van der Waals surface area contributed by atoms with Crippen LogP contribution in [0, 0.1) is 10.1 Å². The van der Waals surface area contributed by atoms with E-state index in [-0.39, 0.29) is 12.3 Å². The van der Waals surface area contributed by atoms with Crippen molar-refractivity contribution in [3.63, 3.8) is 0 Å². The maximum Gasteiger partial charge on any atom is 0.281 e. The molecule has 0 aliphatic carbocycles. The molecular formula is C23H13BrCl3N3O4S. The number of nitro groups is 1. The number of nitrogens with zero attached hydrogens (tertiary/aromatic N) is 2. The summed E-state index contributed by atoms with van der Waals surface area (Å²) < 4.78 is 7.17. The van der Waals surface area contributed by atoms with Gasteiger partial charge >= 0.3 is 0 Å². The van der Waals surface area contributed by atoms with Gasteiger partial charge in [-0.15, -0.1) is 11.3 Å². The summed E-state index contributed by atoms with van der Waals surface area (Å²) in [7, 11) is 0. The van der Waals surface area contributed by atoms with Crippen molar-refractivity contribution < 1.29 is 14.5 Å². The van der Waals surface area contributed by atoms with Crippen LogP contribution in [0.25, 0.3) is 10.1 Å². The van der Waals surface area contributed by atoms with Gasteiger partial charge in [-0.3, -0.25) is 14.9 Å². The lowest BCUT2D eigenvalue weighted by atomic mass is 10.2. The first-order chi connectivity index (χ1) is 16.7. The minimum absolute atomic E-state index is 0.0357. The van der Waals surface area contributed by atoms with Crippen molar-refractivity contribution in [2.75, 3.05) is 0 Å². The number of thiophene rings is 1. The fourth-order valence-corrected chi connectivity index (χ4v) is 5.44. The minimum atomic E-state index is -0.479. The summed E-state index contributed by atoms with van der Waals surface area (Å²) >= 11 is 23.1. The Kier molecular flexibility index (Phi) is 7.93. The molecule has 0 spiro atoms. The normalized spacial score (nSPS) is 11.2. The number of benzene rings is 3. The van der Waals surface area contributed by atoms with E-state index in [0.717, 1.165) is 10.3 Å². The molecule has 35 heavy (non-hydrogen) atoms. The van der Waals surface area contributed by atoms with E-state index in [1.54, 1.807) is 42.5 Å². The number of halogens is 4. The van der Waals surface area contributed by atoms with E-state index >= 15 is 0 Å². The summed E-state index contributed by atoms with van der Waals surface area (Å²) in [4.78, 5) is 23.3. The number of non-ortho nitro benzene ring substituents is 1. The molecule has 0 aliphatic rings. The summed E-state index contributed by atoms with van der Waals surface area (Å²) in [5, 5.41) is 16.9.